The van der Waals surface area contributed by atoms with E-state index in [0.29, 0.717) is 6.54 Å². The maximum Gasteiger partial charge on any atom is 0.240 e. The first-order valence-corrected chi connectivity index (χ1v) is 9.74. The Kier molecular flexibility index (Phi) is 4.01. The summed E-state index contributed by atoms with van der Waals surface area (Å²) in [6.45, 7) is 0.387. The summed E-state index contributed by atoms with van der Waals surface area (Å²) in [6, 6.07) is 12.4. The summed E-state index contributed by atoms with van der Waals surface area (Å²) in [5, 5.41) is 2.89. The molecule has 0 saturated carbocycles. The van der Waals surface area contributed by atoms with Crippen LogP contribution in [0, 0.1) is 0 Å². The van der Waals surface area contributed by atoms with Crippen molar-refractivity contribution in [1.82, 2.24) is 19.4 Å². The van der Waals surface area contributed by atoms with Gasteiger partial charge in [-0.05, 0) is 36.9 Å². The van der Waals surface area contributed by atoms with Gasteiger partial charge in [0, 0.05) is 18.5 Å². The van der Waals surface area contributed by atoms with Crippen molar-refractivity contribution in [3.05, 3.63) is 65.6 Å². The van der Waals surface area contributed by atoms with E-state index in [0.717, 1.165) is 22.6 Å². The van der Waals surface area contributed by atoms with Crippen LogP contribution in [0.2, 0.25) is 0 Å². The SMILES string of the molecule is CNS(=O)(=O)c1ccc(C2CC(=O)NCc3nc4ccccn4c32)cc1. The second kappa shape index (κ2) is 6.22. The van der Waals surface area contributed by atoms with Gasteiger partial charge in [0.15, 0.2) is 0 Å². The average molecular weight is 370 g/mol. The van der Waals surface area contributed by atoms with Gasteiger partial charge in [-0.1, -0.05) is 18.2 Å². The maximum atomic E-state index is 12.2. The van der Waals surface area contributed by atoms with Crippen molar-refractivity contribution in [1.29, 1.82) is 0 Å². The van der Waals surface area contributed by atoms with Crippen molar-refractivity contribution in [3.8, 4) is 0 Å². The van der Waals surface area contributed by atoms with Crippen LogP contribution in [0.5, 0.6) is 0 Å². The fourth-order valence-electron chi connectivity index (χ4n) is 3.37. The van der Waals surface area contributed by atoms with Crippen molar-refractivity contribution < 1.29 is 13.2 Å². The molecule has 0 radical (unpaired) electrons. The summed E-state index contributed by atoms with van der Waals surface area (Å²) in [5.41, 5.74) is 3.50. The molecule has 0 bridgehead atoms. The minimum absolute atomic E-state index is 0.0513. The molecule has 1 aliphatic rings. The number of pyridine rings is 1. The van der Waals surface area contributed by atoms with E-state index in [1.165, 1.54) is 7.05 Å². The molecule has 4 rings (SSSR count). The Morgan fingerprint density at radius 1 is 1.19 bits per heavy atom. The van der Waals surface area contributed by atoms with Crippen molar-refractivity contribution >= 4 is 21.6 Å². The molecule has 26 heavy (non-hydrogen) atoms. The van der Waals surface area contributed by atoms with Crippen LogP contribution in [0.25, 0.3) is 5.65 Å². The van der Waals surface area contributed by atoms with E-state index in [1.807, 2.05) is 28.8 Å². The van der Waals surface area contributed by atoms with E-state index < -0.39 is 10.0 Å². The number of benzene rings is 1. The van der Waals surface area contributed by atoms with Crippen molar-refractivity contribution in [2.75, 3.05) is 7.05 Å². The zero-order valence-electron chi connectivity index (χ0n) is 14.1. The Hall–Kier alpha value is -2.71. The lowest BCUT2D eigenvalue weighted by atomic mass is 9.91. The van der Waals surface area contributed by atoms with Gasteiger partial charge in [-0.3, -0.25) is 4.79 Å². The lowest BCUT2D eigenvalue weighted by Crippen LogP contribution is -2.21. The number of nitrogens with one attached hydrogen (secondary N) is 2. The minimum Gasteiger partial charge on any atom is -0.350 e. The molecular formula is C18H18N4O3S. The van der Waals surface area contributed by atoms with Crippen LogP contribution in [-0.2, 0) is 21.4 Å². The minimum atomic E-state index is -3.49. The third-order valence-corrected chi connectivity index (χ3v) is 6.11. The van der Waals surface area contributed by atoms with Crippen LogP contribution >= 0.6 is 0 Å². The molecule has 1 atom stereocenters. The summed E-state index contributed by atoms with van der Waals surface area (Å²) in [7, 11) is -2.12. The number of sulfonamides is 1. The predicted octanol–water partition coefficient (Wildman–Crippen LogP) is 1.39. The third-order valence-electron chi connectivity index (χ3n) is 4.68. The molecule has 0 saturated heterocycles. The van der Waals surface area contributed by atoms with Crippen LogP contribution < -0.4 is 10.0 Å². The molecule has 7 nitrogen and oxygen atoms in total. The molecular weight excluding hydrogens is 352 g/mol. The molecule has 2 N–H and O–H groups in total. The lowest BCUT2D eigenvalue weighted by molar-refractivity contribution is -0.121. The number of fused-ring (bicyclic) bond motifs is 3. The first-order chi connectivity index (χ1) is 12.5. The highest BCUT2D eigenvalue weighted by Gasteiger charge is 2.28. The number of aromatic nitrogens is 2. The van der Waals surface area contributed by atoms with E-state index >= 15 is 0 Å². The van der Waals surface area contributed by atoms with E-state index in [4.69, 9.17) is 0 Å². The van der Waals surface area contributed by atoms with E-state index in [-0.39, 0.29) is 23.1 Å². The van der Waals surface area contributed by atoms with Crippen LogP contribution in [0.3, 0.4) is 0 Å². The number of rotatable bonds is 3. The Bertz CT molecular complexity index is 1090. The van der Waals surface area contributed by atoms with Crippen LogP contribution in [0.15, 0.2) is 53.6 Å². The highest BCUT2D eigenvalue weighted by atomic mass is 32.2. The van der Waals surface area contributed by atoms with Gasteiger partial charge in [-0.2, -0.15) is 0 Å². The predicted molar refractivity (Wildman–Crippen MR) is 96.2 cm³/mol. The Morgan fingerprint density at radius 3 is 2.69 bits per heavy atom. The van der Waals surface area contributed by atoms with Gasteiger partial charge in [0.1, 0.15) is 5.65 Å². The fourth-order valence-corrected chi connectivity index (χ4v) is 4.10. The van der Waals surface area contributed by atoms with Gasteiger partial charge in [-0.25, -0.2) is 18.1 Å². The molecule has 3 heterocycles. The number of imidazole rings is 1. The first kappa shape index (κ1) is 16.7. The first-order valence-electron chi connectivity index (χ1n) is 8.25. The zero-order valence-corrected chi connectivity index (χ0v) is 15.0. The molecule has 1 aromatic carbocycles. The van der Waals surface area contributed by atoms with Gasteiger partial charge in [0.25, 0.3) is 0 Å². The van der Waals surface area contributed by atoms with Gasteiger partial charge < -0.3 is 9.72 Å². The quantitative estimate of drug-likeness (QED) is 0.729. The summed E-state index contributed by atoms with van der Waals surface area (Å²) >= 11 is 0. The second-order valence-corrected chi connectivity index (χ2v) is 8.07. The number of carbonyl (C=O) groups is 1. The molecule has 3 aromatic rings. The molecule has 0 aliphatic carbocycles. The van der Waals surface area contributed by atoms with E-state index in [2.05, 4.69) is 15.0 Å². The van der Waals surface area contributed by atoms with Crippen LogP contribution in [0.1, 0.15) is 29.3 Å². The number of nitrogens with zero attached hydrogens (tertiary/aromatic N) is 2. The number of carbonyl (C=O) groups excluding carboxylic acids is 1. The van der Waals surface area contributed by atoms with Crippen molar-refractivity contribution in [2.45, 2.75) is 23.8 Å². The number of amides is 1. The summed E-state index contributed by atoms with van der Waals surface area (Å²) < 4.78 is 28.2. The van der Waals surface area contributed by atoms with Crippen molar-refractivity contribution in [3.63, 3.8) is 0 Å². The van der Waals surface area contributed by atoms with Gasteiger partial charge in [0.05, 0.1) is 22.8 Å². The summed E-state index contributed by atoms with van der Waals surface area (Å²) in [4.78, 5) is 17.0. The Morgan fingerprint density at radius 2 is 1.96 bits per heavy atom. The molecule has 8 heteroatoms. The smallest absolute Gasteiger partial charge is 0.240 e. The Labute approximate surface area is 151 Å². The molecule has 0 fully saturated rings. The van der Waals surface area contributed by atoms with E-state index in [9.17, 15) is 13.2 Å². The zero-order chi connectivity index (χ0) is 18.3. The molecule has 134 valence electrons. The maximum absolute atomic E-state index is 12.2. The molecule has 2 aromatic heterocycles. The van der Waals surface area contributed by atoms with Gasteiger partial charge in [-0.15, -0.1) is 0 Å². The largest absolute Gasteiger partial charge is 0.350 e. The third kappa shape index (κ3) is 2.77. The molecule has 1 unspecified atom stereocenters. The standard InChI is InChI=1S/C18H18N4O3S/c1-19-26(24,25)13-7-5-12(6-8-13)14-10-17(23)20-11-15-18(14)22-9-3-2-4-16(22)21-15/h2-9,14,19H,10-11H2,1H3,(H,20,23). The monoisotopic (exact) mass is 370 g/mol. The fraction of sp³-hybridized carbons (Fsp3) is 0.222. The summed E-state index contributed by atoms with van der Waals surface area (Å²) in [5.74, 6) is -0.249. The molecule has 1 amide bonds. The molecule has 1 aliphatic heterocycles. The van der Waals surface area contributed by atoms with Gasteiger partial charge >= 0.3 is 0 Å². The Balaban J connectivity index is 1.84. The summed E-state index contributed by atoms with van der Waals surface area (Å²) in [6.07, 6.45) is 2.22. The van der Waals surface area contributed by atoms with Crippen LogP contribution in [0.4, 0.5) is 0 Å². The topological polar surface area (TPSA) is 92.6 Å². The highest BCUT2D eigenvalue weighted by Crippen LogP contribution is 2.33. The lowest BCUT2D eigenvalue weighted by Gasteiger charge is -2.16. The number of hydrogen-bond donors (Lipinski definition) is 2. The van der Waals surface area contributed by atoms with E-state index in [1.54, 1.807) is 24.3 Å². The van der Waals surface area contributed by atoms with Crippen LogP contribution in [-0.4, -0.2) is 30.8 Å². The second-order valence-electron chi connectivity index (χ2n) is 6.18. The number of hydrogen-bond acceptors (Lipinski definition) is 4. The van der Waals surface area contributed by atoms with Gasteiger partial charge in [0.2, 0.25) is 15.9 Å². The normalized spacial score (nSPS) is 17.6. The highest BCUT2D eigenvalue weighted by molar-refractivity contribution is 7.89. The molecule has 0 spiro atoms. The average Bonchev–Trinajstić information content (AvgIpc) is 2.94. The van der Waals surface area contributed by atoms with Crippen molar-refractivity contribution in [2.24, 2.45) is 0 Å².